The van der Waals surface area contributed by atoms with Crippen LogP contribution in [-0.2, 0) is 13.1 Å². The average molecular weight is 392 g/mol. The highest BCUT2D eigenvalue weighted by Gasteiger charge is 2.21. The summed E-state index contributed by atoms with van der Waals surface area (Å²) in [6.45, 7) is 4.61. The number of carbonyl (C=O) groups is 1. The first-order valence-corrected chi connectivity index (χ1v) is 9.88. The van der Waals surface area contributed by atoms with Gasteiger partial charge in [0, 0.05) is 15.8 Å². The molecule has 0 saturated carbocycles. The molecule has 0 atom stereocenters. The molecule has 0 spiro atoms. The Morgan fingerprint density at radius 3 is 2.64 bits per heavy atom. The van der Waals surface area contributed by atoms with Crippen molar-refractivity contribution in [2.45, 2.75) is 26.9 Å². The maximum absolute atomic E-state index is 13.0. The number of thiophene rings is 1. The van der Waals surface area contributed by atoms with Gasteiger partial charge in [-0.15, -0.1) is 11.3 Å². The summed E-state index contributed by atoms with van der Waals surface area (Å²) >= 11 is 1.58. The quantitative estimate of drug-likeness (QED) is 0.538. The summed E-state index contributed by atoms with van der Waals surface area (Å²) in [6.07, 6.45) is 1.48. The van der Waals surface area contributed by atoms with Crippen molar-refractivity contribution < 1.29 is 9.21 Å². The monoisotopic (exact) mass is 392 g/mol. The molecule has 1 amide bonds. The van der Waals surface area contributed by atoms with Crippen molar-refractivity contribution in [1.82, 2.24) is 9.88 Å². The van der Waals surface area contributed by atoms with Crippen LogP contribution < -0.4 is 5.56 Å². The van der Waals surface area contributed by atoms with E-state index in [1.165, 1.54) is 6.26 Å². The van der Waals surface area contributed by atoms with Gasteiger partial charge in [0.05, 0.1) is 24.9 Å². The van der Waals surface area contributed by atoms with E-state index < -0.39 is 0 Å². The van der Waals surface area contributed by atoms with Gasteiger partial charge in [-0.1, -0.05) is 18.2 Å². The smallest absolute Gasteiger partial charge is 0.290 e. The molecule has 0 aliphatic carbocycles. The fraction of sp³-hybridized carbons (Fsp3) is 0.182. The van der Waals surface area contributed by atoms with E-state index in [4.69, 9.17) is 4.42 Å². The number of nitrogens with zero attached hydrogens (tertiary/aromatic N) is 1. The van der Waals surface area contributed by atoms with Crippen LogP contribution in [0.5, 0.6) is 0 Å². The SMILES string of the molecule is Cc1ccc(C)c2[nH]c(=O)c(CN(Cc3cccs3)C(=O)c3ccco3)cc12. The number of aryl methyl sites for hydroxylation is 2. The molecule has 1 N–H and O–H groups in total. The lowest BCUT2D eigenvalue weighted by atomic mass is 10.0. The molecule has 4 rings (SSSR count). The molecule has 3 aromatic heterocycles. The second-order valence-electron chi connectivity index (χ2n) is 6.83. The second-order valence-corrected chi connectivity index (χ2v) is 7.86. The number of rotatable bonds is 5. The standard InChI is InChI=1S/C22H20N2O3S/c1-14-7-8-15(2)20-18(14)11-16(21(25)23-20)12-24(13-17-5-4-10-28-17)22(26)19-6-3-9-27-19/h3-11H,12-13H2,1-2H3,(H,23,25). The Morgan fingerprint density at radius 2 is 1.93 bits per heavy atom. The van der Waals surface area contributed by atoms with E-state index in [1.54, 1.807) is 28.4 Å². The molecule has 0 fully saturated rings. The number of fused-ring (bicyclic) bond motifs is 1. The zero-order chi connectivity index (χ0) is 19.7. The molecule has 28 heavy (non-hydrogen) atoms. The van der Waals surface area contributed by atoms with Gasteiger partial charge >= 0.3 is 0 Å². The zero-order valence-corrected chi connectivity index (χ0v) is 16.5. The number of carbonyl (C=O) groups excluding carboxylic acids is 1. The van der Waals surface area contributed by atoms with Crippen molar-refractivity contribution in [1.29, 1.82) is 0 Å². The third-order valence-corrected chi connectivity index (χ3v) is 5.69. The number of aromatic nitrogens is 1. The first kappa shape index (κ1) is 18.3. The largest absolute Gasteiger partial charge is 0.459 e. The molecule has 6 heteroatoms. The zero-order valence-electron chi connectivity index (χ0n) is 15.7. The van der Waals surface area contributed by atoms with Gasteiger partial charge in [-0.05, 0) is 54.6 Å². The van der Waals surface area contributed by atoms with E-state index in [1.807, 2.05) is 49.6 Å². The predicted octanol–water partition coefficient (Wildman–Crippen LogP) is 4.64. The number of benzene rings is 1. The van der Waals surface area contributed by atoms with Crippen LogP contribution >= 0.6 is 11.3 Å². The maximum Gasteiger partial charge on any atom is 0.290 e. The number of nitrogens with one attached hydrogen (secondary N) is 1. The highest BCUT2D eigenvalue weighted by atomic mass is 32.1. The van der Waals surface area contributed by atoms with Gasteiger partial charge in [-0.3, -0.25) is 9.59 Å². The van der Waals surface area contributed by atoms with Crippen LogP contribution in [0.4, 0.5) is 0 Å². The molecule has 0 saturated heterocycles. The Bertz CT molecular complexity index is 1170. The van der Waals surface area contributed by atoms with Crippen molar-refractivity contribution in [3.63, 3.8) is 0 Å². The van der Waals surface area contributed by atoms with Crippen molar-refractivity contribution in [3.05, 3.63) is 91.8 Å². The Hall–Kier alpha value is -3.12. The van der Waals surface area contributed by atoms with Crippen LogP contribution in [0.2, 0.25) is 0 Å². The van der Waals surface area contributed by atoms with E-state index in [2.05, 4.69) is 4.98 Å². The summed E-state index contributed by atoms with van der Waals surface area (Å²) in [5.74, 6) is 0.0275. The Balaban J connectivity index is 1.74. The number of furan rings is 1. The molecular weight excluding hydrogens is 372 g/mol. The summed E-state index contributed by atoms with van der Waals surface area (Å²) in [5, 5.41) is 2.97. The molecule has 4 aromatic rings. The minimum atomic E-state index is -0.237. The topological polar surface area (TPSA) is 66.3 Å². The van der Waals surface area contributed by atoms with Crippen LogP contribution in [0.1, 0.15) is 32.1 Å². The number of H-pyrrole nitrogens is 1. The first-order chi connectivity index (χ1) is 13.5. The van der Waals surface area contributed by atoms with Crippen molar-refractivity contribution in [2.75, 3.05) is 0 Å². The van der Waals surface area contributed by atoms with Gasteiger partial charge < -0.3 is 14.3 Å². The van der Waals surface area contributed by atoms with Crippen molar-refractivity contribution >= 4 is 28.1 Å². The molecule has 5 nitrogen and oxygen atoms in total. The van der Waals surface area contributed by atoms with E-state index in [-0.39, 0.29) is 23.8 Å². The molecule has 0 aliphatic rings. The summed E-state index contributed by atoms with van der Waals surface area (Å²) in [6, 6.07) is 13.2. The lowest BCUT2D eigenvalue weighted by Gasteiger charge is -2.21. The minimum absolute atomic E-state index is 0.176. The van der Waals surface area contributed by atoms with Gasteiger partial charge in [-0.2, -0.15) is 0 Å². The predicted molar refractivity (Wildman–Crippen MR) is 111 cm³/mol. The van der Waals surface area contributed by atoms with Crippen LogP contribution in [0.15, 0.2) is 63.3 Å². The maximum atomic E-state index is 13.0. The van der Waals surface area contributed by atoms with Gasteiger partial charge in [0.15, 0.2) is 5.76 Å². The number of aromatic amines is 1. The van der Waals surface area contributed by atoms with E-state index in [0.717, 1.165) is 26.9 Å². The molecule has 0 aliphatic heterocycles. The molecule has 0 unspecified atom stereocenters. The third-order valence-electron chi connectivity index (χ3n) is 4.83. The lowest BCUT2D eigenvalue weighted by molar-refractivity contribution is 0.0699. The number of pyridine rings is 1. The lowest BCUT2D eigenvalue weighted by Crippen LogP contribution is -2.32. The molecule has 0 bridgehead atoms. The summed E-state index contributed by atoms with van der Waals surface area (Å²) in [5.41, 5.74) is 3.32. The number of amides is 1. The fourth-order valence-corrected chi connectivity index (χ4v) is 4.01. The Labute approximate surface area is 166 Å². The Kier molecular flexibility index (Phi) is 4.88. The van der Waals surface area contributed by atoms with Gasteiger partial charge in [0.2, 0.25) is 0 Å². The molecule has 3 heterocycles. The molecular formula is C22H20N2O3S. The van der Waals surface area contributed by atoms with Crippen molar-refractivity contribution in [3.8, 4) is 0 Å². The molecule has 1 aromatic carbocycles. The average Bonchev–Trinajstić information content (AvgIpc) is 3.39. The van der Waals surface area contributed by atoms with Gasteiger partial charge in [-0.25, -0.2) is 0 Å². The van der Waals surface area contributed by atoms with E-state index in [9.17, 15) is 9.59 Å². The summed E-state index contributed by atoms with van der Waals surface area (Å²) < 4.78 is 5.29. The third kappa shape index (κ3) is 3.51. The van der Waals surface area contributed by atoms with Crippen LogP contribution in [-0.4, -0.2) is 15.8 Å². The summed E-state index contributed by atoms with van der Waals surface area (Å²) in [7, 11) is 0. The molecule has 142 valence electrons. The highest BCUT2D eigenvalue weighted by molar-refractivity contribution is 7.09. The highest BCUT2D eigenvalue weighted by Crippen LogP contribution is 2.22. The van der Waals surface area contributed by atoms with Gasteiger partial charge in [0.1, 0.15) is 0 Å². The molecule has 0 radical (unpaired) electrons. The van der Waals surface area contributed by atoms with Gasteiger partial charge in [0.25, 0.3) is 11.5 Å². The summed E-state index contributed by atoms with van der Waals surface area (Å²) in [4.78, 5) is 31.4. The normalized spacial score (nSPS) is 11.1. The van der Waals surface area contributed by atoms with Crippen LogP contribution in [0.25, 0.3) is 10.9 Å². The number of hydrogen-bond acceptors (Lipinski definition) is 4. The van der Waals surface area contributed by atoms with E-state index >= 15 is 0 Å². The van der Waals surface area contributed by atoms with Crippen LogP contribution in [0, 0.1) is 13.8 Å². The minimum Gasteiger partial charge on any atom is -0.459 e. The Morgan fingerprint density at radius 1 is 1.11 bits per heavy atom. The number of hydrogen-bond donors (Lipinski definition) is 1. The fourth-order valence-electron chi connectivity index (χ4n) is 3.29. The first-order valence-electron chi connectivity index (χ1n) is 9.00. The van der Waals surface area contributed by atoms with Crippen LogP contribution in [0.3, 0.4) is 0 Å². The van der Waals surface area contributed by atoms with Crippen molar-refractivity contribution in [2.24, 2.45) is 0 Å². The second kappa shape index (κ2) is 7.48. The van der Waals surface area contributed by atoms with E-state index in [0.29, 0.717) is 12.1 Å².